The summed E-state index contributed by atoms with van der Waals surface area (Å²) in [5.74, 6) is 0.619. The molecule has 0 spiro atoms. The lowest BCUT2D eigenvalue weighted by Crippen LogP contribution is -2.27. The number of para-hydroxylation sites is 1. The fraction of sp³-hybridized carbons (Fsp3) is 0.167. The van der Waals surface area contributed by atoms with Crippen LogP contribution in [0.4, 0.5) is 0 Å². The summed E-state index contributed by atoms with van der Waals surface area (Å²) in [6, 6.07) is 8.28. The third-order valence-electron chi connectivity index (χ3n) is 3.87. The zero-order valence-corrected chi connectivity index (χ0v) is 12.2. The van der Waals surface area contributed by atoms with E-state index in [0.717, 1.165) is 5.56 Å². The van der Waals surface area contributed by atoms with Gasteiger partial charge in [-0.2, -0.15) is 0 Å². The lowest BCUT2D eigenvalue weighted by atomic mass is 9.98. The van der Waals surface area contributed by atoms with E-state index >= 15 is 0 Å². The van der Waals surface area contributed by atoms with E-state index in [9.17, 15) is 9.90 Å². The molecule has 0 amide bonds. The predicted molar refractivity (Wildman–Crippen MR) is 85.4 cm³/mol. The standard InChI is InChI=1S/C18H14O4/c1-18(2)9-8-10-13(22-18)6-7-14-15(10)16(20)11-4-3-5-12(19)17(11)21-14/h3-9,19H,1-2H3. The van der Waals surface area contributed by atoms with Gasteiger partial charge in [0.2, 0.25) is 5.43 Å². The number of ether oxygens (including phenoxy) is 1. The maximum Gasteiger partial charge on any atom is 0.201 e. The van der Waals surface area contributed by atoms with Gasteiger partial charge < -0.3 is 14.3 Å². The highest BCUT2D eigenvalue weighted by Gasteiger charge is 2.24. The van der Waals surface area contributed by atoms with Crippen LogP contribution in [0.3, 0.4) is 0 Å². The average molecular weight is 294 g/mol. The molecule has 22 heavy (non-hydrogen) atoms. The second-order valence-corrected chi connectivity index (χ2v) is 5.97. The minimum atomic E-state index is -0.407. The Morgan fingerprint density at radius 3 is 2.77 bits per heavy atom. The molecule has 0 unspecified atom stereocenters. The Kier molecular flexibility index (Phi) is 2.43. The van der Waals surface area contributed by atoms with E-state index in [4.69, 9.17) is 9.15 Å². The van der Waals surface area contributed by atoms with Crippen molar-refractivity contribution in [3.63, 3.8) is 0 Å². The lowest BCUT2D eigenvalue weighted by molar-refractivity contribution is 0.159. The molecule has 2 aromatic carbocycles. The van der Waals surface area contributed by atoms with Crippen LogP contribution >= 0.6 is 0 Å². The number of aromatic hydroxyl groups is 1. The highest BCUT2D eigenvalue weighted by atomic mass is 16.5. The van der Waals surface area contributed by atoms with E-state index in [2.05, 4.69) is 0 Å². The topological polar surface area (TPSA) is 59.7 Å². The number of benzene rings is 2. The molecule has 0 bridgehead atoms. The van der Waals surface area contributed by atoms with E-state index in [-0.39, 0.29) is 16.8 Å². The van der Waals surface area contributed by atoms with Crippen LogP contribution in [0.15, 0.2) is 45.6 Å². The molecule has 0 saturated carbocycles. The van der Waals surface area contributed by atoms with Crippen molar-refractivity contribution in [1.82, 2.24) is 0 Å². The van der Waals surface area contributed by atoms with E-state index in [1.165, 1.54) is 6.07 Å². The summed E-state index contributed by atoms with van der Waals surface area (Å²) in [4.78, 5) is 12.8. The maximum absolute atomic E-state index is 12.8. The molecular formula is C18H14O4. The quantitative estimate of drug-likeness (QED) is 0.640. The van der Waals surface area contributed by atoms with Crippen molar-refractivity contribution in [1.29, 1.82) is 0 Å². The lowest BCUT2D eigenvalue weighted by Gasteiger charge is -2.28. The number of hydrogen-bond acceptors (Lipinski definition) is 4. The van der Waals surface area contributed by atoms with Crippen molar-refractivity contribution in [3.05, 3.63) is 52.2 Å². The van der Waals surface area contributed by atoms with Crippen LogP contribution in [0.2, 0.25) is 0 Å². The Morgan fingerprint density at radius 1 is 1.14 bits per heavy atom. The molecule has 1 aromatic heterocycles. The molecule has 4 rings (SSSR count). The fourth-order valence-electron chi connectivity index (χ4n) is 2.81. The first-order valence-electron chi connectivity index (χ1n) is 7.06. The van der Waals surface area contributed by atoms with Crippen molar-refractivity contribution in [2.75, 3.05) is 0 Å². The van der Waals surface area contributed by atoms with Gasteiger partial charge >= 0.3 is 0 Å². The van der Waals surface area contributed by atoms with Gasteiger partial charge in [-0.05, 0) is 44.2 Å². The molecule has 1 aliphatic rings. The van der Waals surface area contributed by atoms with Crippen molar-refractivity contribution < 1.29 is 14.3 Å². The fourth-order valence-corrected chi connectivity index (χ4v) is 2.81. The van der Waals surface area contributed by atoms with Gasteiger partial charge in [0.05, 0.1) is 10.8 Å². The van der Waals surface area contributed by atoms with Crippen molar-refractivity contribution in [2.24, 2.45) is 0 Å². The third-order valence-corrected chi connectivity index (χ3v) is 3.87. The monoisotopic (exact) mass is 294 g/mol. The molecule has 3 aromatic rings. The van der Waals surface area contributed by atoms with Crippen molar-refractivity contribution in [2.45, 2.75) is 19.4 Å². The highest BCUT2D eigenvalue weighted by molar-refractivity contribution is 5.98. The Morgan fingerprint density at radius 2 is 1.95 bits per heavy atom. The second kappa shape index (κ2) is 4.13. The van der Waals surface area contributed by atoms with E-state index in [0.29, 0.717) is 22.1 Å². The van der Waals surface area contributed by atoms with Crippen molar-refractivity contribution in [3.8, 4) is 11.5 Å². The smallest absolute Gasteiger partial charge is 0.201 e. The van der Waals surface area contributed by atoms with Gasteiger partial charge in [-0.1, -0.05) is 12.1 Å². The minimum Gasteiger partial charge on any atom is -0.504 e. The molecule has 0 aliphatic carbocycles. The van der Waals surface area contributed by atoms with Crippen LogP contribution in [-0.2, 0) is 0 Å². The molecular weight excluding hydrogens is 280 g/mol. The van der Waals surface area contributed by atoms with Gasteiger partial charge in [0.1, 0.15) is 16.9 Å². The Labute approximate surface area is 126 Å². The normalized spacial score (nSPS) is 15.7. The molecule has 0 atom stereocenters. The van der Waals surface area contributed by atoms with Crippen LogP contribution < -0.4 is 10.2 Å². The zero-order chi connectivity index (χ0) is 15.5. The predicted octanol–water partition coefficient (Wildman–Crippen LogP) is 3.84. The highest BCUT2D eigenvalue weighted by Crippen LogP contribution is 2.36. The van der Waals surface area contributed by atoms with E-state index in [1.807, 2.05) is 26.0 Å². The number of hydrogen-bond donors (Lipinski definition) is 1. The SMILES string of the molecule is CC1(C)C=Cc2c(ccc3oc4c(O)cccc4c(=O)c23)O1. The molecule has 0 radical (unpaired) electrons. The van der Waals surface area contributed by atoms with Gasteiger partial charge in [-0.3, -0.25) is 4.79 Å². The first-order chi connectivity index (χ1) is 10.5. The Hall–Kier alpha value is -2.75. The molecule has 4 heteroatoms. The summed E-state index contributed by atoms with van der Waals surface area (Å²) in [6.45, 7) is 3.91. The molecule has 0 fully saturated rings. The third kappa shape index (κ3) is 1.73. The van der Waals surface area contributed by atoms with E-state index in [1.54, 1.807) is 24.3 Å². The van der Waals surface area contributed by atoms with Gasteiger partial charge in [0.25, 0.3) is 0 Å². The summed E-state index contributed by atoms with van der Waals surface area (Å²) in [5.41, 5.74) is 0.787. The Bertz CT molecular complexity index is 1010. The Balaban J connectivity index is 2.16. The largest absolute Gasteiger partial charge is 0.504 e. The summed E-state index contributed by atoms with van der Waals surface area (Å²) in [6.07, 6.45) is 3.81. The molecule has 110 valence electrons. The molecule has 1 N–H and O–H groups in total. The minimum absolute atomic E-state index is 0.0397. The number of rotatable bonds is 0. The number of fused-ring (bicyclic) bond motifs is 4. The first-order valence-corrected chi connectivity index (χ1v) is 7.06. The molecule has 0 saturated heterocycles. The molecule has 1 aliphatic heterocycles. The zero-order valence-electron chi connectivity index (χ0n) is 12.2. The summed E-state index contributed by atoms with van der Waals surface area (Å²) >= 11 is 0. The second-order valence-electron chi connectivity index (χ2n) is 5.97. The average Bonchev–Trinajstić information content (AvgIpc) is 2.47. The van der Waals surface area contributed by atoms with Crippen LogP contribution in [0.5, 0.6) is 11.5 Å². The number of phenols is 1. The van der Waals surface area contributed by atoms with Crippen LogP contribution in [-0.4, -0.2) is 10.7 Å². The number of phenolic OH excluding ortho intramolecular Hbond substituents is 1. The maximum atomic E-state index is 12.8. The van der Waals surface area contributed by atoms with Crippen LogP contribution in [0.1, 0.15) is 19.4 Å². The first kappa shape index (κ1) is 13.0. The van der Waals surface area contributed by atoms with Gasteiger partial charge in [0, 0.05) is 5.56 Å². The summed E-state index contributed by atoms with van der Waals surface area (Å²) in [7, 11) is 0. The molecule has 2 heterocycles. The van der Waals surface area contributed by atoms with Gasteiger partial charge in [0.15, 0.2) is 11.3 Å². The summed E-state index contributed by atoms with van der Waals surface area (Å²) in [5, 5.41) is 10.7. The summed E-state index contributed by atoms with van der Waals surface area (Å²) < 4.78 is 11.6. The van der Waals surface area contributed by atoms with Crippen molar-refractivity contribution >= 4 is 28.0 Å². The van der Waals surface area contributed by atoms with Gasteiger partial charge in [-0.15, -0.1) is 0 Å². The van der Waals surface area contributed by atoms with Gasteiger partial charge in [-0.25, -0.2) is 0 Å². The van der Waals surface area contributed by atoms with E-state index < -0.39 is 5.60 Å². The molecule has 4 nitrogen and oxygen atoms in total. The van der Waals surface area contributed by atoms with Crippen LogP contribution in [0.25, 0.3) is 28.0 Å². The van der Waals surface area contributed by atoms with Crippen LogP contribution in [0, 0.1) is 0 Å².